The lowest BCUT2D eigenvalue weighted by molar-refractivity contribution is 0.301. The molecule has 1 aromatic carbocycles. The number of hydrogen-bond acceptors (Lipinski definition) is 3. The number of hydrogen-bond donors (Lipinski definition) is 0. The molecule has 0 bridgehead atoms. The van der Waals surface area contributed by atoms with Gasteiger partial charge in [-0.2, -0.15) is 0 Å². The molecule has 0 radical (unpaired) electrons. The van der Waals surface area contributed by atoms with E-state index in [-0.39, 0.29) is 0 Å². The summed E-state index contributed by atoms with van der Waals surface area (Å²) in [7, 11) is 0. The number of nitrogens with zero attached hydrogens (tertiary/aromatic N) is 2. The molecule has 3 nitrogen and oxygen atoms in total. The number of ether oxygens (including phenoxy) is 1. The van der Waals surface area contributed by atoms with Gasteiger partial charge in [-0.05, 0) is 24.1 Å². The van der Waals surface area contributed by atoms with Crippen molar-refractivity contribution in [3.05, 3.63) is 53.1 Å². The van der Waals surface area contributed by atoms with E-state index in [0.717, 1.165) is 18.6 Å². The van der Waals surface area contributed by atoms with Crippen molar-refractivity contribution in [1.29, 1.82) is 0 Å². The van der Waals surface area contributed by atoms with Crippen molar-refractivity contribution in [1.82, 2.24) is 9.97 Å². The predicted octanol–water partition coefficient (Wildman–Crippen LogP) is 4.69. The molecule has 108 valence electrons. The minimum absolute atomic E-state index is 0.333. The van der Waals surface area contributed by atoms with Gasteiger partial charge in [0.25, 0.3) is 0 Å². The molecule has 0 saturated heterocycles. The van der Waals surface area contributed by atoms with Crippen LogP contribution in [-0.2, 0) is 13.0 Å². The van der Waals surface area contributed by atoms with Gasteiger partial charge in [-0.3, -0.25) is 4.98 Å². The van der Waals surface area contributed by atoms with E-state index in [0.29, 0.717) is 17.5 Å². The molecule has 0 amide bonds. The first kappa shape index (κ1) is 16.4. The standard InChI is InChI=1S/C14H15ClN2O.C2H6/c1-2-3-11-4-6-12(7-5-11)18-10-13-14(15)17-9-8-16-13;1-2/h4-9H,2-3,10H2,1H3;1-2H3. The number of rotatable bonds is 5. The highest BCUT2D eigenvalue weighted by Crippen LogP contribution is 2.16. The molecule has 2 aromatic rings. The Morgan fingerprint density at radius 2 is 1.70 bits per heavy atom. The third kappa shape index (κ3) is 5.17. The van der Waals surface area contributed by atoms with E-state index in [1.807, 2.05) is 26.0 Å². The first-order valence-corrected chi connectivity index (χ1v) is 7.34. The zero-order chi connectivity index (χ0) is 14.8. The summed E-state index contributed by atoms with van der Waals surface area (Å²) >= 11 is 5.90. The maximum atomic E-state index is 5.90. The van der Waals surface area contributed by atoms with Crippen molar-refractivity contribution >= 4 is 11.6 Å². The minimum Gasteiger partial charge on any atom is -0.487 e. The van der Waals surface area contributed by atoms with Gasteiger partial charge >= 0.3 is 0 Å². The molecule has 0 aliphatic heterocycles. The van der Waals surface area contributed by atoms with E-state index >= 15 is 0 Å². The molecule has 0 unspecified atom stereocenters. The molecular formula is C16H21ClN2O. The molecule has 1 aromatic heterocycles. The van der Waals surface area contributed by atoms with Crippen molar-refractivity contribution in [3.8, 4) is 5.75 Å². The van der Waals surface area contributed by atoms with Crippen LogP contribution < -0.4 is 4.74 Å². The normalized spacial score (nSPS) is 9.60. The molecule has 0 N–H and O–H groups in total. The Balaban J connectivity index is 0.000000956. The van der Waals surface area contributed by atoms with Gasteiger partial charge < -0.3 is 4.74 Å². The van der Waals surface area contributed by atoms with E-state index in [1.165, 1.54) is 5.56 Å². The summed E-state index contributed by atoms with van der Waals surface area (Å²) in [5, 5.41) is 0.389. The Kier molecular flexibility index (Phi) is 7.66. The smallest absolute Gasteiger partial charge is 0.154 e. The van der Waals surface area contributed by atoms with Crippen LogP contribution in [0.1, 0.15) is 38.4 Å². The van der Waals surface area contributed by atoms with Gasteiger partial charge in [-0.25, -0.2) is 4.98 Å². The maximum absolute atomic E-state index is 5.90. The third-order valence-electron chi connectivity index (χ3n) is 2.56. The molecule has 2 rings (SSSR count). The first-order valence-electron chi connectivity index (χ1n) is 6.96. The summed E-state index contributed by atoms with van der Waals surface area (Å²) in [5.41, 5.74) is 1.97. The molecule has 1 heterocycles. The van der Waals surface area contributed by atoms with E-state index in [2.05, 4.69) is 29.0 Å². The number of aromatic nitrogens is 2. The van der Waals surface area contributed by atoms with Crippen LogP contribution in [0.25, 0.3) is 0 Å². The largest absolute Gasteiger partial charge is 0.487 e. The van der Waals surface area contributed by atoms with Crippen LogP contribution in [0.4, 0.5) is 0 Å². The summed E-state index contributed by atoms with van der Waals surface area (Å²) < 4.78 is 5.62. The molecule has 0 fully saturated rings. The monoisotopic (exact) mass is 292 g/mol. The van der Waals surface area contributed by atoms with Gasteiger partial charge in [-0.15, -0.1) is 0 Å². The van der Waals surface area contributed by atoms with Gasteiger partial charge in [0, 0.05) is 12.4 Å². The minimum atomic E-state index is 0.333. The highest BCUT2D eigenvalue weighted by Gasteiger charge is 2.03. The van der Waals surface area contributed by atoms with Gasteiger partial charge in [0.05, 0.1) is 0 Å². The molecule has 20 heavy (non-hydrogen) atoms. The summed E-state index contributed by atoms with van der Waals surface area (Å²) in [4.78, 5) is 8.07. The fourth-order valence-electron chi connectivity index (χ4n) is 1.64. The molecule has 0 aliphatic rings. The van der Waals surface area contributed by atoms with Crippen LogP contribution in [0, 0.1) is 0 Å². The summed E-state index contributed by atoms with van der Waals surface area (Å²) in [6.07, 6.45) is 5.41. The Morgan fingerprint density at radius 1 is 1.05 bits per heavy atom. The highest BCUT2D eigenvalue weighted by atomic mass is 35.5. The first-order chi connectivity index (χ1) is 9.79. The Hall–Kier alpha value is -1.61. The maximum Gasteiger partial charge on any atom is 0.154 e. The second-order valence-corrected chi connectivity index (χ2v) is 4.33. The van der Waals surface area contributed by atoms with Crippen molar-refractivity contribution in [2.24, 2.45) is 0 Å². The van der Waals surface area contributed by atoms with Gasteiger partial charge in [0.1, 0.15) is 18.1 Å². The highest BCUT2D eigenvalue weighted by molar-refractivity contribution is 6.29. The van der Waals surface area contributed by atoms with Crippen molar-refractivity contribution in [2.75, 3.05) is 0 Å². The third-order valence-corrected chi connectivity index (χ3v) is 2.88. The zero-order valence-corrected chi connectivity index (χ0v) is 13.0. The van der Waals surface area contributed by atoms with E-state index in [4.69, 9.17) is 16.3 Å². The quantitative estimate of drug-likeness (QED) is 0.802. The predicted molar refractivity (Wildman–Crippen MR) is 83.2 cm³/mol. The van der Waals surface area contributed by atoms with Gasteiger partial charge in [-0.1, -0.05) is 50.9 Å². The van der Waals surface area contributed by atoms with Crippen LogP contribution in [0.3, 0.4) is 0 Å². The molecule has 0 saturated carbocycles. The van der Waals surface area contributed by atoms with Crippen LogP contribution in [0.15, 0.2) is 36.7 Å². The average molecular weight is 293 g/mol. The van der Waals surface area contributed by atoms with Crippen LogP contribution in [0.5, 0.6) is 5.75 Å². The van der Waals surface area contributed by atoms with E-state index in [1.54, 1.807) is 12.4 Å². The van der Waals surface area contributed by atoms with E-state index < -0.39 is 0 Å². The van der Waals surface area contributed by atoms with Crippen molar-refractivity contribution in [2.45, 2.75) is 40.2 Å². The SMILES string of the molecule is CC.CCCc1ccc(OCc2nccnc2Cl)cc1. The Labute approximate surface area is 126 Å². The summed E-state index contributed by atoms with van der Waals surface area (Å²) in [6, 6.07) is 8.10. The number of halogens is 1. The van der Waals surface area contributed by atoms with Crippen molar-refractivity contribution < 1.29 is 4.74 Å². The zero-order valence-electron chi connectivity index (χ0n) is 12.3. The van der Waals surface area contributed by atoms with Crippen LogP contribution in [0.2, 0.25) is 5.15 Å². The Morgan fingerprint density at radius 3 is 2.30 bits per heavy atom. The lowest BCUT2D eigenvalue weighted by Gasteiger charge is -2.07. The molecule has 0 spiro atoms. The molecule has 0 atom stereocenters. The molecule has 0 aliphatic carbocycles. The molecular weight excluding hydrogens is 272 g/mol. The average Bonchev–Trinajstić information content (AvgIpc) is 2.50. The lowest BCUT2D eigenvalue weighted by Crippen LogP contribution is -2.00. The van der Waals surface area contributed by atoms with Crippen LogP contribution >= 0.6 is 11.6 Å². The number of benzene rings is 1. The van der Waals surface area contributed by atoms with E-state index in [9.17, 15) is 0 Å². The second-order valence-electron chi connectivity index (χ2n) is 3.98. The summed E-state index contributed by atoms with van der Waals surface area (Å²) in [6.45, 7) is 6.50. The lowest BCUT2D eigenvalue weighted by atomic mass is 10.1. The van der Waals surface area contributed by atoms with Crippen LogP contribution in [-0.4, -0.2) is 9.97 Å². The second kappa shape index (κ2) is 9.32. The fraction of sp³-hybridized carbons (Fsp3) is 0.375. The van der Waals surface area contributed by atoms with Crippen molar-refractivity contribution in [3.63, 3.8) is 0 Å². The Bertz CT molecular complexity index is 500. The molecule has 4 heteroatoms. The fourth-order valence-corrected chi connectivity index (χ4v) is 1.80. The van der Waals surface area contributed by atoms with Gasteiger partial charge in [0.2, 0.25) is 0 Å². The summed E-state index contributed by atoms with van der Waals surface area (Å²) in [5.74, 6) is 0.816. The number of aryl methyl sites for hydroxylation is 1. The van der Waals surface area contributed by atoms with Gasteiger partial charge in [0.15, 0.2) is 5.15 Å². The topological polar surface area (TPSA) is 35.0 Å².